The van der Waals surface area contributed by atoms with E-state index in [0.29, 0.717) is 22.3 Å². The van der Waals surface area contributed by atoms with E-state index in [1.165, 1.54) is 30.9 Å². The number of rotatable bonds is 5. The number of hydrogen-bond donors (Lipinski definition) is 1. The second-order valence-corrected chi connectivity index (χ2v) is 9.25. The largest absolute Gasteiger partial charge is 0.348 e. The Labute approximate surface area is 176 Å². The molecule has 0 bridgehead atoms. The quantitative estimate of drug-likeness (QED) is 0.464. The van der Waals surface area contributed by atoms with Gasteiger partial charge in [-0.2, -0.15) is 4.98 Å². The van der Waals surface area contributed by atoms with Gasteiger partial charge in [-0.05, 0) is 37.0 Å². The third-order valence-electron chi connectivity index (χ3n) is 4.52. The molecule has 1 aliphatic heterocycles. The Balaban J connectivity index is 1.45. The number of benzene rings is 1. The van der Waals surface area contributed by atoms with Crippen molar-refractivity contribution in [3.05, 3.63) is 35.6 Å². The maximum Gasteiger partial charge on any atom is 0.234 e. The second kappa shape index (κ2) is 8.63. The summed E-state index contributed by atoms with van der Waals surface area (Å²) in [6.07, 6.45) is 3.97. The number of piperidine rings is 1. The van der Waals surface area contributed by atoms with Crippen LogP contribution >= 0.6 is 34.7 Å². The second-order valence-electron chi connectivity index (χ2n) is 6.87. The zero-order valence-corrected chi connectivity index (χ0v) is 17.8. The van der Waals surface area contributed by atoms with Crippen LogP contribution < -0.4 is 10.2 Å². The van der Waals surface area contributed by atoms with Gasteiger partial charge in [-0.3, -0.25) is 4.79 Å². The molecule has 0 aliphatic carbocycles. The topological polar surface area (TPSA) is 71.0 Å². The molecule has 0 unspecified atom stereocenters. The molecule has 0 radical (unpaired) electrons. The predicted molar refractivity (Wildman–Crippen MR) is 117 cm³/mol. The summed E-state index contributed by atoms with van der Waals surface area (Å²) in [5, 5.41) is 5.23. The Morgan fingerprint density at radius 1 is 1.43 bits per heavy atom. The van der Waals surface area contributed by atoms with Gasteiger partial charge in [-0.1, -0.05) is 47.7 Å². The molecule has 146 valence electrons. The summed E-state index contributed by atoms with van der Waals surface area (Å²) >= 11 is 8.97. The number of anilines is 2. The summed E-state index contributed by atoms with van der Waals surface area (Å²) in [5.74, 6) is 0.830. The number of amides is 1. The van der Waals surface area contributed by atoms with Crippen molar-refractivity contribution in [3.8, 4) is 0 Å². The Morgan fingerprint density at radius 3 is 3.14 bits per heavy atom. The average molecular weight is 434 g/mol. The lowest BCUT2D eigenvalue weighted by Crippen LogP contribution is -2.34. The van der Waals surface area contributed by atoms with Gasteiger partial charge in [-0.25, -0.2) is 9.97 Å². The third-order valence-corrected chi connectivity index (χ3v) is 6.99. The van der Waals surface area contributed by atoms with Gasteiger partial charge in [0.05, 0.1) is 5.75 Å². The Kier molecular flexibility index (Phi) is 5.99. The molecule has 0 saturated carbocycles. The van der Waals surface area contributed by atoms with Crippen molar-refractivity contribution in [2.45, 2.75) is 24.8 Å². The van der Waals surface area contributed by atoms with E-state index in [4.69, 9.17) is 16.6 Å². The monoisotopic (exact) mass is 433 g/mol. The first kappa shape index (κ1) is 19.4. The van der Waals surface area contributed by atoms with Gasteiger partial charge in [0, 0.05) is 23.8 Å². The number of carbonyl (C=O) groups is 1. The number of fused-ring (bicyclic) bond motifs is 1. The summed E-state index contributed by atoms with van der Waals surface area (Å²) < 4.78 is 0.941. The number of halogens is 1. The van der Waals surface area contributed by atoms with Crippen LogP contribution in [0, 0.1) is 5.92 Å². The molecule has 0 spiro atoms. The van der Waals surface area contributed by atoms with Crippen LogP contribution in [0.5, 0.6) is 0 Å². The molecular formula is C19H20ClN5OS2. The van der Waals surface area contributed by atoms with Crippen LogP contribution in [-0.4, -0.2) is 39.7 Å². The van der Waals surface area contributed by atoms with Crippen molar-refractivity contribution < 1.29 is 4.79 Å². The molecular weight excluding hydrogens is 414 g/mol. The highest BCUT2D eigenvalue weighted by molar-refractivity contribution is 8.00. The van der Waals surface area contributed by atoms with Crippen LogP contribution in [0.25, 0.3) is 10.3 Å². The first-order valence-corrected chi connectivity index (χ1v) is 11.3. The summed E-state index contributed by atoms with van der Waals surface area (Å²) in [4.78, 5) is 28.0. The van der Waals surface area contributed by atoms with Crippen LogP contribution in [0.3, 0.4) is 0 Å². The van der Waals surface area contributed by atoms with Crippen molar-refractivity contribution in [1.82, 2.24) is 15.0 Å². The number of thiazole rings is 1. The fourth-order valence-corrected chi connectivity index (χ4v) is 5.34. The molecule has 28 heavy (non-hydrogen) atoms. The average Bonchev–Trinajstić information content (AvgIpc) is 3.11. The molecule has 1 fully saturated rings. The zero-order valence-electron chi connectivity index (χ0n) is 15.4. The van der Waals surface area contributed by atoms with E-state index in [1.54, 1.807) is 29.5 Å². The zero-order chi connectivity index (χ0) is 19.5. The predicted octanol–water partition coefficient (Wildman–Crippen LogP) is 4.71. The van der Waals surface area contributed by atoms with E-state index >= 15 is 0 Å². The highest BCUT2D eigenvalue weighted by Gasteiger charge is 2.21. The van der Waals surface area contributed by atoms with Crippen LogP contribution in [0.2, 0.25) is 5.02 Å². The van der Waals surface area contributed by atoms with Crippen LogP contribution in [-0.2, 0) is 4.79 Å². The maximum atomic E-state index is 12.3. The first-order valence-electron chi connectivity index (χ1n) is 9.13. The summed E-state index contributed by atoms with van der Waals surface area (Å²) in [6, 6.07) is 7.11. The molecule has 1 N–H and O–H groups in total. The summed E-state index contributed by atoms with van der Waals surface area (Å²) in [5.41, 5.74) is 1.39. The van der Waals surface area contributed by atoms with E-state index in [2.05, 4.69) is 27.1 Å². The van der Waals surface area contributed by atoms with Crippen molar-refractivity contribution in [2.75, 3.05) is 29.1 Å². The van der Waals surface area contributed by atoms with Gasteiger partial charge >= 0.3 is 0 Å². The minimum Gasteiger partial charge on any atom is -0.348 e. The molecule has 2 aromatic heterocycles. The van der Waals surface area contributed by atoms with Gasteiger partial charge in [0.15, 0.2) is 10.8 Å². The number of aromatic nitrogens is 3. The molecule has 4 rings (SSSR count). The Hall–Kier alpha value is -1.90. The molecule has 1 aromatic carbocycles. The lowest BCUT2D eigenvalue weighted by Gasteiger charge is -2.30. The molecule has 3 heterocycles. The number of nitrogens with zero attached hydrogens (tertiary/aromatic N) is 4. The van der Waals surface area contributed by atoms with Gasteiger partial charge in [0.2, 0.25) is 5.91 Å². The smallest absolute Gasteiger partial charge is 0.234 e. The minimum atomic E-state index is -0.103. The van der Waals surface area contributed by atoms with Gasteiger partial charge < -0.3 is 10.2 Å². The lowest BCUT2D eigenvalue weighted by molar-refractivity contribution is -0.113. The van der Waals surface area contributed by atoms with Gasteiger partial charge in [0.1, 0.15) is 16.1 Å². The van der Waals surface area contributed by atoms with E-state index in [0.717, 1.165) is 27.9 Å². The van der Waals surface area contributed by atoms with Crippen LogP contribution in [0.1, 0.15) is 19.8 Å². The van der Waals surface area contributed by atoms with E-state index in [1.807, 2.05) is 6.07 Å². The Morgan fingerprint density at radius 2 is 2.32 bits per heavy atom. The minimum absolute atomic E-state index is 0.103. The first-order chi connectivity index (χ1) is 13.6. The number of thioether (sulfide) groups is 1. The van der Waals surface area contributed by atoms with Crippen molar-refractivity contribution in [3.63, 3.8) is 0 Å². The molecule has 1 saturated heterocycles. The van der Waals surface area contributed by atoms with E-state index in [9.17, 15) is 4.79 Å². The SMILES string of the molecule is C[C@H]1CCCN(c2nc3ncnc(SCC(=O)Nc4cccc(Cl)c4)c3s2)C1. The van der Waals surface area contributed by atoms with Crippen LogP contribution in [0.4, 0.5) is 10.8 Å². The third kappa shape index (κ3) is 4.56. The number of carbonyl (C=O) groups excluding carboxylic acids is 1. The summed E-state index contributed by atoms with van der Waals surface area (Å²) in [7, 11) is 0. The lowest BCUT2D eigenvalue weighted by atomic mass is 10.0. The molecule has 1 atom stereocenters. The normalized spacial score (nSPS) is 17.1. The molecule has 1 amide bonds. The highest BCUT2D eigenvalue weighted by atomic mass is 35.5. The van der Waals surface area contributed by atoms with Gasteiger partial charge in [-0.15, -0.1) is 0 Å². The van der Waals surface area contributed by atoms with Crippen molar-refractivity contribution >= 4 is 61.8 Å². The molecule has 3 aromatic rings. The fourth-order valence-electron chi connectivity index (χ4n) is 3.22. The van der Waals surface area contributed by atoms with Crippen molar-refractivity contribution in [1.29, 1.82) is 0 Å². The molecule has 1 aliphatic rings. The van der Waals surface area contributed by atoms with E-state index < -0.39 is 0 Å². The Bertz CT molecular complexity index is 995. The molecule has 9 heteroatoms. The van der Waals surface area contributed by atoms with Crippen molar-refractivity contribution in [2.24, 2.45) is 5.92 Å². The highest BCUT2D eigenvalue weighted by Crippen LogP contribution is 2.35. The van der Waals surface area contributed by atoms with Gasteiger partial charge in [0.25, 0.3) is 0 Å². The molecule has 6 nitrogen and oxygen atoms in total. The number of nitrogens with one attached hydrogen (secondary N) is 1. The van der Waals surface area contributed by atoms with Crippen LogP contribution in [0.15, 0.2) is 35.6 Å². The summed E-state index contributed by atoms with van der Waals surface area (Å²) in [6.45, 7) is 4.33. The maximum absolute atomic E-state index is 12.3. The fraction of sp³-hybridized carbons (Fsp3) is 0.368. The number of hydrogen-bond acceptors (Lipinski definition) is 7. The standard InChI is InChI=1S/C19H20ClN5OS2/c1-12-4-3-7-25(9-12)19-24-17-16(28-19)18(22-11-21-17)27-10-15(26)23-14-6-2-5-13(20)8-14/h2,5-6,8,11-12H,3-4,7,9-10H2,1H3,(H,23,26)/t12-/m0/s1. The van der Waals surface area contributed by atoms with E-state index in [-0.39, 0.29) is 11.7 Å².